The second-order valence-corrected chi connectivity index (χ2v) is 5.97. The number of halogens is 1. The zero-order chi connectivity index (χ0) is 16.0. The highest BCUT2D eigenvalue weighted by Crippen LogP contribution is 2.29. The van der Waals surface area contributed by atoms with Gasteiger partial charge < -0.3 is 14.8 Å². The molecule has 5 heteroatoms. The monoisotopic (exact) mass is 313 g/mol. The molecule has 1 atom stereocenters. The Hall–Kier alpha value is -1.26. The van der Waals surface area contributed by atoms with Crippen LogP contribution in [0.3, 0.4) is 0 Å². The molecule has 0 heterocycles. The van der Waals surface area contributed by atoms with E-state index in [-0.39, 0.29) is 5.91 Å². The number of benzene rings is 1. The SMILES string of the molecule is CCOc1ccc(NC(=O)[C@](C)(CC(C)C)OC)cc1Cl. The Kier molecular flexibility index (Phi) is 6.49. The Balaban J connectivity index is 2.84. The summed E-state index contributed by atoms with van der Waals surface area (Å²) in [6.07, 6.45) is 0.639. The molecule has 0 saturated carbocycles. The van der Waals surface area contributed by atoms with Crippen LogP contribution in [0.1, 0.15) is 34.1 Å². The summed E-state index contributed by atoms with van der Waals surface area (Å²) in [5, 5.41) is 3.32. The highest BCUT2D eigenvalue weighted by atomic mass is 35.5. The van der Waals surface area contributed by atoms with Gasteiger partial charge in [-0.2, -0.15) is 0 Å². The van der Waals surface area contributed by atoms with E-state index in [0.29, 0.717) is 35.4 Å². The summed E-state index contributed by atoms with van der Waals surface area (Å²) in [7, 11) is 1.55. The first-order chi connectivity index (χ1) is 9.82. The van der Waals surface area contributed by atoms with Gasteiger partial charge in [0, 0.05) is 12.8 Å². The van der Waals surface area contributed by atoms with E-state index in [1.165, 1.54) is 0 Å². The third-order valence-corrected chi connectivity index (χ3v) is 3.51. The molecular formula is C16H24ClNO3. The standard InChI is InChI=1S/C16H24ClNO3/c1-6-21-14-8-7-12(9-13(14)17)18-15(19)16(4,20-5)10-11(2)3/h7-9,11H,6,10H2,1-5H3,(H,18,19)/t16-/m0/s1. The maximum absolute atomic E-state index is 12.4. The van der Waals surface area contributed by atoms with Gasteiger partial charge in [0.05, 0.1) is 11.6 Å². The van der Waals surface area contributed by atoms with Crippen molar-refractivity contribution < 1.29 is 14.3 Å². The van der Waals surface area contributed by atoms with Crippen molar-refractivity contribution in [1.82, 2.24) is 0 Å². The lowest BCUT2D eigenvalue weighted by Crippen LogP contribution is -2.43. The van der Waals surface area contributed by atoms with Crippen LogP contribution in [-0.4, -0.2) is 25.2 Å². The van der Waals surface area contributed by atoms with E-state index < -0.39 is 5.60 Å². The highest BCUT2D eigenvalue weighted by molar-refractivity contribution is 6.32. The van der Waals surface area contributed by atoms with Crippen LogP contribution in [0, 0.1) is 5.92 Å². The summed E-state index contributed by atoms with van der Waals surface area (Å²) in [5.74, 6) is 0.775. The van der Waals surface area contributed by atoms with Gasteiger partial charge in [-0.1, -0.05) is 25.4 Å². The lowest BCUT2D eigenvalue weighted by atomic mass is 9.93. The van der Waals surface area contributed by atoms with Crippen LogP contribution in [0.15, 0.2) is 18.2 Å². The average molecular weight is 314 g/mol. The third kappa shape index (κ3) is 4.90. The Morgan fingerprint density at radius 2 is 2.10 bits per heavy atom. The Labute approximate surface area is 131 Å². The number of carbonyl (C=O) groups excluding carboxylic acids is 1. The first kappa shape index (κ1) is 17.8. The molecule has 21 heavy (non-hydrogen) atoms. The summed E-state index contributed by atoms with van der Waals surface area (Å²) in [4.78, 5) is 12.4. The number of ether oxygens (including phenoxy) is 2. The Bertz CT molecular complexity index is 490. The zero-order valence-corrected chi connectivity index (χ0v) is 14.1. The molecule has 0 bridgehead atoms. The van der Waals surface area contributed by atoms with Gasteiger partial charge in [0.25, 0.3) is 5.91 Å². The minimum Gasteiger partial charge on any atom is -0.492 e. The van der Waals surface area contributed by atoms with Gasteiger partial charge in [0.2, 0.25) is 0 Å². The van der Waals surface area contributed by atoms with Gasteiger partial charge in [0.15, 0.2) is 0 Å². The molecule has 118 valence electrons. The molecule has 1 rings (SSSR count). The summed E-state index contributed by atoms with van der Waals surface area (Å²) in [5.41, 5.74) is -0.236. The van der Waals surface area contributed by atoms with Crippen LogP contribution in [0.2, 0.25) is 5.02 Å². The highest BCUT2D eigenvalue weighted by Gasteiger charge is 2.33. The van der Waals surface area contributed by atoms with Crippen LogP contribution in [-0.2, 0) is 9.53 Å². The van der Waals surface area contributed by atoms with Crippen molar-refractivity contribution in [3.05, 3.63) is 23.2 Å². The summed E-state index contributed by atoms with van der Waals surface area (Å²) in [6, 6.07) is 5.18. The number of anilines is 1. The van der Waals surface area contributed by atoms with Crippen LogP contribution in [0.25, 0.3) is 0 Å². The van der Waals surface area contributed by atoms with Crippen LogP contribution < -0.4 is 10.1 Å². The van der Waals surface area contributed by atoms with Crippen molar-refractivity contribution >= 4 is 23.2 Å². The summed E-state index contributed by atoms with van der Waals surface area (Å²) in [6.45, 7) is 8.33. The molecular weight excluding hydrogens is 290 g/mol. The maximum Gasteiger partial charge on any atom is 0.256 e. The molecule has 0 aromatic heterocycles. The molecule has 0 fully saturated rings. The van der Waals surface area contributed by atoms with E-state index in [2.05, 4.69) is 19.2 Å². The van der Waals surface area contributed by atoms with E-state index in [1.54, 1.807) is 32.2 Å². The molecule has 0 unspecified atom stereocenters. The number of nitrogens with one attached hydrogen (secondary N) is 1. The number of rotatable bonds is 7. The fourth-order valence-corrected chi connectivity index (χ4v) is 2.40. The molecule has 1 aromatic rings. The number of hydrogen-bond acceptors (Lipinski definition) is 3. The lowest BCUT2D eigenvalue weighted by molar-refractivity contribution is -0.137. The first-order valence-corrected chi connectivity index (χ1v) is 7.49. The predicted octanol–water partition coefficient (Wildman–Crippen LogP) is 4.13. The van der Waals surface area contributed by atoms with Crippen molar-refractivity contribution in [2.75, 3.05) is 19.0 Å². The number of amides is 1. The number of methoxy groups -OCH3 is 1. The molecule has 1 amide bonds. The topological polar surface area (TPSA) is 47.6 Å². The third-order valence-electron chi connectivity index (χ3n) is 3.22. The normalized spacial score (nSPS) is 13.9. The zero-order valence-electron chi connectivity index (χ0n) is 13.3. The number of hydrogen-bond donors (Lipinski definition) is 1. The van der Waals surface area contributed by atoms with E-state index in [0.717, 1.165) is 0 Å². The molecule has 0 spiro atoms. The van der Waals surface area contributed by atoms with Crippen LogP contribution >= 0.6 is 11.6 Å². The minimum atomic E-state index is -0.862. The Morgan fingerprint density at radius 3 is 2.57 bits per heavy atom. The summed E-state index contributed by atoms with van der Waals surface area (Å²) >= 11 is 6.12. The minimum absolute atomic E-state index is 0.182. The van der Waals surface area contributed by atoms with Crippen molar-refractivity contribution in [2.45, 2.75) is 39.7 Å². The van der Waals surface area contributed by atoms with Crippen LogP contribution in [0.4, 0.5) is 5.69 Å². The molecule has 0 saturated heterocycles. The maximum atomic E-state index is 12.4. The van der Waals surface area contributed by atoms with Gasteiger partial charge in [0.1, 0.15) is 11.4 Å². The molecule has 0 aliphatic heterocycles. The quantitative estimate of drug-likeness (QED) is 0.823. The van der Waals surface area contributed by atoms with Crippen molar-refractivity contribution in [3.8, 4) is 5.75 Å². The van der Waals surface area contributed by atoms with Crippen LogP contribution in [0.5, 0.6) is 5.75 Å². The molecule has 1 aromatic carbocycles. The first-order valence-electron chi connectivity index (χ1n) is 7.11. The van der Waals surface area contributed by atoms with Crippen molar-refractivity contribution in [3.63, 3.8) is 0 Å². The van der Waals surface area contributed by atoms with E-state index >= 15 is 0 Å². The van der Waals surface area contributed by atoms with E-state index in [4.69, 9.17) is 21.1 Å². The Morgan fingerprint density at radius 1 is 1.43 bits per heavy atom. The van der Waals surface area contributed by atoms with Gasteiger partial charge in [-0.05, 0) is 44.4 Å². The molecule has 1 N–H and O–H groups in total. The second-order valence-electron chi connectivity index (χ2n) is 5.57. The molecule has 0 radical (unpaired) electrons. The van der Waals surface area contributed by atoms with Gasteiger partial charge in [-0.3, -0.25) is 4.79 Å². The molecule has 0 aliphatic rings. The summed E-state index contributed by atoms with van der Waals surface area (Å²) < 4.78 is 10.8. The molecule has 0 aliphatic carbocycles. The molecule has 4 nitrogen and oxygen atoms in total. The van der Waals surface area contributed by atoms with Crippen molar-refractivity contribution in [2.24, 2.45) is 5.92 Å². The van der Waals surface area contributed by atoms with Crippen molar-refractivity contribution in [1.29, 1.82) is 0 Å². The largest absolute Gasteiger partial charge is 0.492 e. The second kappa shape index (κ2) is 7.66. The fraction of sp³-hybridized carbons (Fsp3) is 0.562. The van der Waals surface area contributed by atoms with Gasteiger partial charge in [-0.25, -0.2) is 0 Å². The smallest absolute Gasteiger partial charge is 0.256 e. The van der Waals surface area contributed by atoms with E-state index in [9.17, 15) is 4.79 Å². The van der Waals surface area contributed by atoms with E-state index in [1.807, 2.05) is 6.92 Å². The lowest BCUT2D eigenvalue weighted by Gasteiger charge is -2.28. The fourth-order valence-electron chi connectivity index (χ4n) is 2.16. The van der Waals surface area contributed by atoms with Gasteiger partial charge >= 0.3 is 0 Å². The van der Waals surface area contributed by atoms with Gasteiger partial charge in [-0.15, -0.1) is 0 Å². The average Bonchev–Trinajstić information content (AvgIpc) is 2.41. The predicted molar refractivity (Wildman–Crippen MR) is 86.1 cm³/mol. The number of carbonyl (C=O) groups is 1.